The van der Waals surface area contributed by atoms with Crippen molar-refractivity contribution in [2.24, 2.45) is 0 Å². The van der Waals surface area contributed by atoms with Crippen LogP contribution in [-0.4, -0.2) is 36.1 Å². The molecule has 1 aliphatic rings. The van der Waals surface area contributed by atoms with Gasteiger partial charge in [0.25, 0.3) is 0 Å². The number of piperazine rings is 1. The van der Waals surface area contributed by atoms with Crippen LogP contribution < -0.4 is 10.2 Å². The van der Waals surface area contributed by atoms with Gasteiger partial charge in [0, 0.05) is 26.2 Å². The first-order valence-electron chi connectivity index (χ1n) is 7.77. The number of anilines is 1. The highest BCUT2D eigenvalue weighted by Crippen LogP contribution is 2.29. The van der Waals surface area contributed by atoms with Crippen LogP contribution in [0.25, 0.3) is 0 Å². The van der Waals surface area contributed by atoms with Gasteiger partial charge in [-0.05, 0) is 24.3 Å². The highest BCUT2D eigenvalue weighted by atomic mass is 35.5. The number of pyridine rings is 2. The predicted molar refractivity (Wildman–Crippen MR) is 88.6 cm³/mol. The van der Waals surface area contributed by atoms with Gasteiger partial charge in [-0.25, -0.2) is 9.97 Å². The van der Waals surface area contributed by atoms with E-state index in [-0.39, 0.29) is 5.15 Å². The van der Waals surface area contributed by atoms with Gasteiger partial charge in [-0.15, -0.1) is 0 Å². The topological polar surface area (TPSA) is 41.1 Å². The molecule has 3 heterocycles. The lowest BCUT2D eigenvalue weighted by Crippen LogP contribution is -2.44. The van der Waals surface area contributed by atoms with Crippen molar-refractivity contribution in [3.63, 3.8) is 0 Å². The fourth-order valence-corrected chi connectivity index (χ4v) is 2.38. The van der Waals surface area contributed by atoms with Gasteiger partial charge >= 0.3 is 12.4 Å². The predicted octanol–water partition coefficient (Wildman–Crippen LogP) is 4.26. The molecule has 0 aromatic carbocycles. The summed E-state index contributed by atoms with van der Waals surface area (Å²) in [5.74, 6) is 0.399. The molecule has 2 aromatic heterocycles. The molecule has 0 unspecified atom stereocenters. The third kappa shape index (κ3) is 6.55. The third-order valence-electron chi connectivity index (χ3n) is 3.47. The zero-order valence-electron chi connectivity index (χ0n) is 13.8. The molecule has 148 valence electrons. The van der Waals surface area contributed by atoms with Gasteiger partial charge in [-0.1, -0.05) is 23.7 Å². The summed E-state index contributed by atoms with van der Waals surface area (Å²) in [7, 11) is 0. The Morgan fingerprint density at radius 1 is 0.815 bits per heavy atom. The number of alkyl halides is 6. The number of nitrogens with zero attached hydrogens (tertiary/aromatic N) is 3. The molecule has 1 saturated heterocycles. The molecule has 0 radical (unpaired) electrons. The highest BCUT2D eigenvalue weighted by Gasteiger charge is 2.33. The Bertz CT molecular complexity index is 744. The molecule has 1 fully saturated rings. The third-order valence-corrected chi connectivity index (χ3v) is 3.68. The van der Waals surface area contributed by atoms with E-state index in [0.717, 1.165) is 25.2 Å². The summed E-state index contributed by atoms with van der Waals surface area (Å²) < 4.78 is 72.9. The molecule has 0 atom stereocenters. The van der Waals surface area contributed by atoms with E-state index in [4.69, 9.17) is 11.6 Å². The lowest BCUT2D eigenvalue weighted by molar-refractivity contribution is -0.141. The second kappa shape index (κ2) is 8.75. The zero-order valence-corrected chi connectivity index (χ0v) is 14.5. The van der Waals surface area contributed by atoms with Gasteiger partial charge in [0.05, 0.1) is 0 Å². The molecular weight excluding hydrogens is 398 g/mol. The van der Waals surface area contributed by atoms with E-state index in [0.29, 0.717) is 18.9 Å². The zero-order chi connectivity index (χ0) is 20.1. The number of rotatable bonds is 1. The smallest absolute Gasteiger partial charge is 0.354 e. The number of halogens is 7. The van der Waals surface area contributed by atoms with Crippen LogP contribution in [0.5, 0.6) is 0 Å². The summed E-state index contributed by atoms with van der Waals surface area (Å²) in [5.41, 5.74) is -1.80. The molecule has 0 saturated carbocycles. The maximum Gasteiger partial charge on any atom is 0.433 e. The van der Waals surface area contributed by atoms with Crippen molar-refractivity contribution >= 4 is 17.4 Å². The fourth-order valence-electron chi connectivity index (χ4n) is 2.22. The minimum Gasteiger partial charge on any atom is -0.354 e. The maximum atomic E-state index is 12.4. The van der Waals surface area contributed by atoms with Gasteiger partial charge in [-0.2, -0.15) is 26.3 Å². The van der Waals surface area contributed by atoms with E-state index in [1.807, 2.05) is 4.90 Å². The highest BCUT2D eigenvalue weighted by molar-refractivity contribution is 6.29. The van der Waals surface area contributed by atoms with Crippen LogP contribution in [0.4, 0.5) is 32.2 Å². The van der Waals surface area contributed by atoms with Crippen LogP contribution in [0.3, 0.4) is 0 Å². The Labute approximate surface area is 156 Å². The monoisotopic (exact) mass is 412 g/mol. The second-order valence-electron chi connectivity index (χ2n) is 5.46. The number of nitrogens with one attached hydrogen (secondary N) is 1. The summed E-state index contributed by atoms with van der Waals surface area (Å²) in [6, 6.07) is 7.36. The second-order valence-corrected chi connectivity index (χ2v) is 5.85. The van der Waals surface area contributed by atoms with Crippen LogP contribution in [0.2, 0.25) is 5.15 Å². The van der Waals surface area contributed by atoms with Crippen molar-refractivity contribution in [1.82, 2.24) is 15.3 Å². The fraction of sp³-hybridized carbons (Fsp3) is 0.375. The Morgan fingerprint density at radius 3 is 1.81 bits per heavy atom. The molecule has 1 N–H and O–H groups in total. The van der Waals surface area contributed by atoms with Crippen molar-refractivity contribution in [3.05, 3.63) is 52.9 Å². The van der Waals surface area contributed by atoms with Crippen LogP contribution in [0.1, 0.15) is 11.4 Å². The van der Waals surface area contributed by atoms with Crippen molar-refractivity contribution in [1.29, 1.82) is 0 Å². The minimum absolute atomic E-state index is 0.153. The quantitative estimate of drug-likeness (QED) is 0.561. The van der Waals surface area contributed by atoms with Gasteiger partial charge in [0.2, 0.25) is 0 Å². The lowest BCUT2D eigenvalue weighted by Gasteiger charge is -2.28. The van der Waals surface area contributed by atoms with Gasteiger partial charge in [0.15, 0.2) is 0 Å². The summed E-state index contributed by atoms with van der Waals surface area (Å²) in [5, 5.41) is 2.98. The van der Waals surface area contributed by atoms with Gasteiger partial charge < -0.3 is 10.2 Å². The average molecular weight is 413 g/mol. The van der Waals surface area contributed by atoms with Crippen molar-refractivity contribution < 1.29 is 26.3 Å². The first-order valence-corrected chi connectivity index (χ1v) is 8.15. The minimum atomic E-state index is -4.41. The Morgan fingerprint density at radius 2 is 1.33 bits per heavy atom. The standard InChI is InChI=1S/C10H12F3N3.C6H3ClF3N/c11-10(12,13)8-2-1-3-9(15-8)16-6-4-14-5-7-16;7-5-3-1-2-4(11-5)6(8,9)10/h1-3,14H,4-7H2;1-3H. The SMILES string of the molecule is FC(F)(F)c1cccc(Cl)n1.FC(F)(F)c1cccc(N2CCNCC2)n1. The molecule has 0 amide bonds. The molecule has 27 heavy (non-hydrogen) atoms. The van der Waals surface area contributed by atoms with E-state index in [1.54, 1.807) is 6.07 Å². The van der Waals surface area contributed by atoms with E-state index in [9.17, 15) is 26.3 Å². The molecule has 1 aliphatic heterocycles. The Hall–Kier alpha value is -2.07. The molecule has 3 rings (SSSR count). The Balaban J connectivity index is 0.000000208. The van der Waals surface area contributed by atoms with E-state index >= 15 is 0 Å². The molecule has 0 aliphatic carbocycles. The summed E-state index contributed by atoms with van der Waals surface area (Å²) in [6.45, 7) is 2.93. The molecular formula is C16H15ClF6N4. The van der Waals surface area contributed by atoms with Crippen molar-refractivity contribution in [2.75, 3.05) is 31.1 Å². The largest absolute Gasteiger partial charge is 0.433 e. The van der Waals surface area contributed by atoms with E-state index < -0.39 is 23.7 Å². The number of hydrogen-bond acceptors (Lipinski definition) is 4. The summed E-state index contributed by atoms with van der Waals surface area (Å²) in [6.07, 6.45) is -8.78. The van der Waals surface area contributed by atoms with Gasteiger partial charge in [-0.3, -0.25) is 0 Å². The molecule has 0 spiro atoms. The Kier molecular flexibility index (Phi) is 6.88. The van der Waals surface area contributed by atoms with Crippen LogP contribution in [0, 0.1) is 0 Å². The van der Waals surface area contributed by atoms with Gasteiger partial charge in [0.1, 0.15) is 22.4 Å². The summed E-state index contributed by atoms with van der Waals surface area (Å²) in [4.78, 5) is 8.58. The first kappa shape index (κ1) is 21.2. The molecule has 4 nitrogen and oxygen atoms in total. The first-order chi connectivity index (χ1) is 12.6. The number of aromatic nitrogens is 2. The summed E-state index contributed by atoms with van der Waals surface area (Å²) >= 11 is 5.24. The molecule has 11 heteroatoms. The number of hydrogen-bond donors (Lipinski definition) is 1. The van der Waals surface area contributed by atoms with E-state index in [2.05, 4.69) is 15.3 Å². The van der Waals surface area contributed by atoms with E-state index in [1.165, 1.54) is 18.2 Å². The molecule has 0 bridgehead atoms. The van der Waals surface area contributed by atoms with Crippen LogP contribution in [-0.2, 0) is 12.4 Å². The normalized spacial score (nSPS) is 15.1. The van der Waals surface area contributed by atoms with Crippen LogP contribution in [0.15, 0.2) is 36.4 Å². The lowest BCUT2D eigenvalue weighted by atomic mass is 10.3. The van der Waals surface area contributed by atoms with Crippen molar-refractivity contribution in [3.8, 4) is 0 Å². The molecule has 2 aromatic rings. The van der Waals surface area contributed by atoms with Crippen molar-refractivity contribution in [2.45, 2.75) is 12.4 Å². The average Bonchev–Trinajstić information content (AvgIpc) is 2.62. The van der Waals surface area contributed by atoms with Crippen LogP contribution >= 0.6 is 11.6 Å². The maximum absolute atomic E-state index is 12.4.